The van der Waals surface area contributed by atoms with Gasteiger partial charge in [-0.2, -0.15) is 0 Å². The van der Waals surface area contributed by atoms with Gasteiger partial charge in [0.2, 0.25) is 10.0 Å². The third-order valence-electron chi connectivity index (χ3n) is 2.70. The van der Waals surface area contributed by atoms with E-state index in [0.29, 0.717) is 15.3 Å². The van der Waals surface area contributed by atoms with Gasteiger partial charge < -0.3 is 0 Å². The van der Waals surface area contributed by atoms with Crippen molar-refractivity contribution in [3.63, 3.8) is 0 Å². The number of primary sulfonamides is 1. The van der Waals surface area contributed by atoms with Crippen molar-refractivity contribution in [2.45, 2.75) is 4.90 Å². The Morgan fingerprint density at radius 1 is 1.27 bits per heavy atom. The molecule has 3 aromatic rings. The van der Waals surface area contributed by atoms with Crippen molar-refractivity contribution < 1.29 is 13.2 Å². The van der Waals surface area contributed by atoms with E-state index < -0.39 is 15.9 Å². The molecule has 0 saturated heterocycles. The molecule has 1 amide bonds. The topological polar surface area (TPSA) is 128 Å². The molecule has 0 aliphatic carbocycles. The molecule has 2 heterocycles. The minimum absolute atomic E-state index is 0.00421. The molecule has 112 valence electrons. The maximum atomic E-state index is 12.0. The Kier molecular flexibility index (Phi) is 3.56. The number of benzene rings is 1. The van der Waals surface area contributed by atoms with E-state index in [1.807, 2.05) is 0 Å². The number of carbonyl (C=O) groups is 1. The number of nitrogens with two attached hydrogens (primary N) is 1. The summed E-state index contributed by atoms with van der Waals surface area (Å²) in [4.78, 5) is 23.8. The first-order valence-electron chi connectivity index (χ1n) is 5.94. The highest BCUT2D eigenvalue weighted by molar-refractivity contribution is 7.89. The second-order valence-corrected chi connectivity index (χ2v) is 6.83. The summed E-state index contributed by atoms with van der Waals surface area (Å²) in [6.07, 6.45) is 4.21. The highest BCUT2D eigenvalue weighted by atomic mass is 32.2. The highest BCUT2D eigenvalue weighted by Gasteiger charge is 2.13. The van der Waals surface area contributed by atoms with Gasteiger partial charge in [0.1, 0.15) is 5.69 Å². The molecule has 0 atom stereocenters. The first kappa shape index (κ1) is 14.5. The molecule has 0 saturated carbocycles. The Hall–Kier alpha value is -2.43. The van der Waals surface area contributed by atoms with E-state index in [-0.39, 0.29) is 10.6 Å². The first-order chi connectivity index (χ1) is 10.4. The van der Waals surface area contributed by atoms with E-state index >= 15 is 0 Å². The molecule has 0 fully saturated rings. The average molecular weight is 335 g/mol. The molecule has 0 bridgehead atoms. The second kappa shape index (κ2) is 5.40. The van der Waals surface area contributed by atoms with Crippen LogP contribution in [-0.2, 0) is 10.0 Å². The molecule has 0 radical (unpaired) electrons. The fourth-order valence-electron chi connectivity index (χ4n) is 1.71. The van der Waals surface area contributed by atoms with Gasteiger partial charge in [0.25, 0.3) is 5.91 Å². The van der Waals surface area contributed by atoms with Gasteiger partial charge in [0.15, 0.2) is 5.13 Å². The predicted octanol–water partition coefficient (Wildman–Crippen LogP) is 0.986. The van der Waals surface area contributed by atoms with Crippen LogP contribution in [0.1, 0.15) is 10.5 Å². The van der Waals surface area contributed by atoms with Crippen molar-refractivity contribution in [1.82, 2.24) is 15.0 Å². The van der Waals surface area contributed by atoms with Crippen molar-refractivity contribution in [3.05, 3.63) is 42.5 Å². The van der Waals surface area contributed by atoms with E-state index in [9.17, 15) is 13.2 Å². The van der Waals surface area contributed by atoms with Crippen LogP contribution in [0.4, 0.5) is 5.13 Å². The number of anilines is 1. The number of carbonyl (C=O) groups excluding carboxylic acids is 1. The monoisotopic (exact) mass is 335 g/mol. The van der Waals surface area contributed by atoms with Crippen molar-refractivity contribution in [3.8, 4) is 0 Å². The summed E-state index contributed by atoms with van der Waals surface area (Å²) in [7, 11) is -3.78. The van der Waals surface area contributed by atoms with Gasteiger partial charge in [-0.15, -0.1) is 0 Å². The van der Waals surface area contributed by atoms with Crippen molar-refractivity contribution in [1.29, 1.82) is 0 Å². The standard InChI is InChI=1S/C12H9N5O3S2/c13-22(19,20)7-1-2-8-10(5-7)21-12(16-8)17-11(18)9-6-14-3-4-15-9/h1-6H,(H2,13,19,20)(H,16,17,18). The smallest absolute Gasteiger partial charge is 0.277 e. The summed E-state index contributed by atoms with van der Waals surface area (Å²) < 4.78 is 23.2. The van der Waals surface area contributed by atoms with E-state index in [4.69, 9.17) is 5.14 Å². The summed E-state index contributed by atoms with van der Waals surface area (Å²) >= 11 is 1.14. The number of nitrogens with one attached hydrogen (secondary N) is 1. The van der Waals surface area contributed by atoms with Gasteiger partial charge in [-0.3, -0.25) is 15.1 Å². The number of nitrogens with zero attached hydrogens (tertiary/aromatic N) is 3. The van der Waals surface area contributed by atoms with Gasteiger partial charge in [0, 0.05) is 12.4 Å². The van der Waals surface area contributed by atoms with E-state index in [1.54, 1.807) is 0 Å². The Morgan fingerprint density at radius 3 is 2.77 bits per heavy atom. The van der Waals surface area contributed by atoms with Gasteiger partial charge in [0.05, 0.1) is 21.3 Å². The maximum absolute atomic E-state index is 12.0. The maximum Gasteiger partial charge on any atom is 0.277 e. The SMILES string of the molecule is NS(=O)(=O)c1ccc2nc(NC(=O)c3cnccn3)sc2c1. The minimum Gasteiger partial charge on any atom is -0.296 e. The Morgan fingerprint density at radius 2 is 2.09 bits per heavy atom. The lowest BCUT2D eigenvalue weighted by Crippen LogP contribution is -2.13. The van der Waals surface area contributed by atoms with Crippen LogP contribution >= 0.6 is 11.3 Å². The van der Waals surface area contributed by atoms with Crippen LogP contribution in [0, 0.1) is 0 Å². The Labute approximate surface area is 129 Å². The molecule has 0 spiro atoms. The van der Waals surface area contributed by atoms with Crippen molar-refractivity contribution >= 4 is 42.6 Å². The number of sulfonamides is 1. The van der Waals surface area contributed by atoms with Crippen LogP contribution in [0.2, 0.25) is 0 Å². The molecule has 10 heteroatoms. The van der Waals surface area contributed by atoms with Crippen LogP contribution in [0.5, 0.6) is 0 Å². The van der Waals surface area contributed by atoms with Gasteiger partial charge in [-0.1, -0.05) is 11.3 Å². The summed E-state index contributed by atoms with van der Waals surface area (Å²) in [5.41, 5.74) is 0.721. The molecule has 2 aromatic heterocycles. The van der Waals surface area contributed by atoms with Crippen LogP contribution in [0.25, 0.3) is 10.2 Å². The number of amides is 1. The lowest BCUT2D eigenvalue weighted by atomic mass is 10.3. The third kappa shape index (κ3) is 2.93. The number of rotatable bonds is 3. The summed E-state index contributed by atoms with van der Waals surface area (Å²) in [5.74, 6) is -0.446. The highest BCUT2D eigenvalue weighted by Crippen LogP contribution is 2.28. The Balaban J connectivity index is 1.91. The molecule has 0 unspecified atom stereocenters. The van der Waals surface area contributed by atoms with Crippen LogP contribution in [0.3, 0.4) is 0 Å². The van der Waals surface area contributed by atoms with E-state index in [0.717, 1.165) is 11.3 Å². The second-order valence-electron chi connectivity index (χ2n) is 4.24. The van der Waals surface area contributed by atoms with Crippen molar-refractivity contribution in [2.75, 3.05) is 5.32 Å². The molecule has 22 heavy (non-hydrogen) atoms. The molecule has 3 rings (SSSR count). The summed E-state index contributed by atoms with van der Waals surface area (Å²) in [6, 6.07) is 4.32. The fraction of sp³-hybridized carbons (Fsp3) is 0. The lowest BCUT2D eigenvalue weighted by Gasteiger charge is -1.98. The van der Waals surface area contributed by atoms with E-state index in [2.05, 4.69) is 20.3 Å². The molecular formula is C12H9N5O3S2. The minimum atomic E-state index is -3.78. The van der Waals surface area contributed by atoms with Crippen LogP contribution in [-0.4, -0.2) is 29.3 Å². The average Bonchev–Trinajstić information content (AvgIpc) is 2.88. The molecule has 3 N–H and O–H groups in total. The zero-order valence-electron chi connectivity index (χ0n) is 10.9. The van der Waals surface area contributed by atoms with Gasteiger partial charge in [-0.05, 0) is 18.2 Å². The quantitative estimate of drug-likeness (QED) is 0.734. The normalized spacial score (nSPS) is 11.5. The summed E-state index contributed by atoms with van der Waals surface area (Å²) in [6.45, 7) is 0. The first-order valence-corrected chi connectivity index (χ1v) is 8.30. The summed E-state index contributed by atoms with van der Waals surface area (Å²) in [5, 5.41) is 8.00. The van der Waals surface area contributed by atoms with Crippen LogP contribution < -0.4 is 10.5 Å². The molecule has 0 aliphatic heterocycles. The van der Waals surface area contributed by atoms with Gasteiger partial charge >= 0.3 is 0 Å². The fourth-order valence-corrected chi connectivity index (χ4v) is 3.23. The number of thiazole rings is 1. The number of hydrogen-bond acceptors (Lipinski definition) is 7. The van der Waals surface area contributed by atoms with Crippen molar-refractivity contribution in [2.24, 2.45) is 5.14 Å². The molecular weight excluding hydrogens is 326 g/mol. The van der Waals surface area contributed by atoms with Crippen LogP contribution in [0.15, 0.2) is 41.7 Å². The molecule has 8 nitrogen and oxygen atoms in total. The zero-order chi connectivity index (χ0) is 15.7. The molecule has 1 aromatic carbocycles. The largest absolute Gasteiger partial charge is 0.296 e. The lowest BCUT2D eigenvalue weighted by molar-refractivity contribution is 0.102. The molecule has 0 aliphatic rings. The Bertz CT molecular complexity index is 953. The van der Waals surface area contributed by atoms with E-state index in [1.165, 1.54) is 36.8 Å². The zero-order valence-corrected chi connectivity index (χ0v) is 12.6. The van der Waals surface area contributed by atoms with Gasteiger partial charge in [-0.25, -0.2) is 23.5 Å². The number of fused-ring (bicyclic) bond motifs is 1. The number of aromatic nitrogens is 3. The number of hydrogen-bond donors (Lipinski definition) is 2. The third-order valence-corrected chi connectivity index (χ3v) is 4.55. The predicted molar refractivity (Wildman–Crippen MR) is 81.0 cm³/mol.